The Morgan fingerprint density at radius 1 is 0.929 bits per heavy atom. The smallest absolute Gasteiger partial charge is 0.343 e. The average Bonchev–Trinajstić information content (AvgIpc) is 3.21. The molecule has 1 aliphatic heterocycles. The molecule has 1 unspecified atom stereocenters. The fourth-order valence-electron chi connectivity index (χ4n) is 4.29. The van der Waals surface area contributed by atoms with Crippen molar-refractivity contribution in [3.05, 3.63) is 103 Å². The minimum Gasteiger partial charge on any atom is -0.456 e. The molecule has 3 aromatic carbocycles. The highest BCUT2D eigenvalue weighted by Gasteiger charge is 2.47. The number of rotatable bonds is 10. The standard InChI is InChI=1S/C29H22Cl2N2O9/c1-15(2)12-23(32-26(35)19-4-3-5-22(33(39)40)25(19)27(32)36)29(38)41-14-24(34)16-6-9-18(10-7-16)42-28(37)17-8-11-20(30)21(31)13-17/h3-11,13,15,23H,12,14H2,1-2H3. The Bertz CT molecular complexity index is 1620. The Labute approximate surface area is 249 Å². The number of benzene rings is 3. The molecule has 0 aliphatic carbocycles. The molecule has 0 fully saturated rings. The molecular weight excluding hydrogens is 591 g/mol. The van der Waals surface area contributed by atoms with Gasteiger partial charge in [0.25, 0.3) is 17.5 Å². The second-order valence-corrected chi connectivity index (χ2v) is 10.5. The Balaban J connectivity index is 1.43. The number of hydrogen-bond acceptors (Lipinski definition) is 9. The van der Waals surface area contributed by atoms with Crippen molar-refractivity contribution in [2.45, 2.75) is 26.3 Å². The predicted molar refractivity (Wildman–Crippen MR) is 150 cm³/mol. The van der Waals surface area contributed by atoms with E-state index in [0.717, 1.165) is 6.07 Å². The van der Waals surface area contributed by atoms with Gasteiger partial charge in [-0.25, -0.2) is 9.59 Å². The van der Waals surface area contributed by atoms with Crippen LogP contribution in [-0.2, 0) is 9.53 Å². The molecule has 0 aromatic heterocycles. The zero-order chi connectivity index (χ0) is 30.7. The fraction of sp³-hybridized carbons (Fsp3) is 0.207. The summed E-state index contributed by atoms with van der Waals surface area (Å²) in [5, 5.41) is 11.9. The molecule has 1 aliphatic rings. The van der Waals surface area contributed by atoms with Crippen molar-refractivity contribution >= 4 is 58.4 Å². The Morgan fingerprint density at radius 3 is 2.21 bits per heavy atom. The molecule has 0 saturated heterocycles. The number of ketones is 1. The lowest BCUT2D eigenvalue weighted by Crippen LogP contribution is -2.46. The number of hydrogen-bond donors (Lipinski definition) is 0. The summed E-state index contributed by atoms with van der Waals surface area (Å²) in [6.45, 7) is 2.79. The van der Waals surface area contributed by atoms with Gasteiger partial charge in [-0.15, -0.1) is 0 Å². The van der Waals surface area contributed by atoms with Crippen LogP contribution in [0.5, 0.6) is 5.75 Å². The predicted octanol–water partition coefficient (Wildman–Crippen LogP) is 5.56. The molecule has 0 N–H and O–H groups in total. The van der Waals surface area contributed by atoms with Gasteiger partial charge in [0.1, 0.15) is 17.4 Å². The molecular formula is C29H22Cl2N2O9. The minimum absolute atomic E-state index is 0.00514. The van der Waals surface area contributed by atoms with Crippen molar-refractivity contribution in [3.8, 4) is 5.75 Å². The Morgan fingerprint density at radius 2 is 1.60 bits per heavy atom. The lowest BCUT2D eigenvalue weighted by atomic mass is 10.0. The first kappa shape index (κ1) is 30.4. The highest BCUT2D eigenvalue weighted by atomic mass is 35.5. The average molecular weight is 613 g/mol. The number of amides is 2. The van der Waals surface area contributed by atoms with Crippen LogP contribution < -0.4 is 4.74 Å². The van der Waals surface area contributed by atoms with Crippen molar-refractivity contribution in [2.75, 3.05) is 6.61 Å². The first-order valence-corrected chi connectivity index (χ1v) is 13.3. The Hall–Kier alpha value is -4.61. The summed E-state index contributed by atoms with van der Waals surface area (Å²) in [4.78, 5) is 75.7. The molecule has 216 valence electrons. The monoisotopic (exact) mass is 612 g/mol. The molecule has 0 spiro atoms. The SMILES string of the molecule is CC(C)CC(C(=O)OCC(=O)c1ccc(OC(=O)c2ccc(Cl)c(Cl)c2)cc1)N1C(=O)c2cccc([N+](=O)[O-])c2C1=O. The first-order valence-electron chi connectivity index (χ1n) is 12.5. The number of nitro groups is 1. The highest BCUT2D eigenvalue weighted by molar-refractivity contribution is 6.42. The van der Waals surface area contributed by atoms with E-state index in [1.165, 1.54) is 54.6 Å². The van der Waals surface area contributed by atoms with E-state index in [1.54, 1.807) is 13.8 Å². The molecule has 4 rings (SSSR count). The van der Waals surface area contributed by atoms with Crippen molar-refractivity contribution in [1.29, 1.82) is 0 Å². The summed E-state index contributed by atoms with van der Waals surface area (Å²) >= 11 is 11.8. The van der Waals surface area contributed by atoms with E-state index in [4.69, 9.17) is 32.7 Å². The molecule has 13 heteroatoms. The molecule has 11 nitrogen and oxygen atoms in total. The van der Waals surface area contributed by atoms with E-state index in [-0.39, 0.29) is 44.8 Å². The van der Waals surface area contributed by atoms with E-state index in [1.807, 2.05) is 0 Å². The van der Waals surface area contributed by atoms with Crippen LogP contribution >= 0.6 is 23.2 Å². The van der Waals surface area contributed by atoms with Gasteiger partial charge in [-0.2, -0.15) is 0 Å². The highest BCUT2D eigenvalue weighted by Crippen LogP contribution is 2.33. The molecule has 42 heavy (non-hydrogen) atoms. The van der Waals surface area contributed by atoms with Crippen LogP contribution in [0.1, 0.15) is 61.7 Å². The third-order valence-electron chi connectivity index (χ3n) is 6.29. The number of esters is 2. The first-order chi connectivity index (χ1) is 19.9. The van der Waals surface area contributed by atoms with Crippen LogP contribution in [0.2, 0.25) is 10.0 Å². The topological polar surface area (TPSA) is 150 Å². The quantitative estimate of drug-likeness (QED) is 0.0715. The van der Waals surface area contributed by atoms with Gasteiger partial charge in [0.05, 0.1) is 26.1 Å². The van der Waals surface area contributed by atoms with Gasteiger partial charge in [0, 0.05) is 11.6 Å². The molecule has 0 saturated carbocycles. The zero-order valence-electron chi connectivity index (χ0n) is 22.2. The van der Waals surface area contributed by atoms with Crippen molar-refractivity contribution < 1.29 is 38.4 Å². The van der Waals surface area contributed by atoms with Crippen molar-refractivity contribution in [3.63, 3.8) is 0 Å². The number of Topliss-reactive ketones (excluding diaryl/α,β-unsaturated/α-hetero) is 1. The van der Waals surface area contributed by atoms with Crippen LogP contribution in [-0.4, -0.2) is 52.0 Å². The number of ether oxygens (including phenoxy) is 2. The number of imide groups is 1. The van der Waals surface area contributed by atoms with Gasteiger partial charge in [0.2, 0.25) is 0 Å². The van der Waals surface area contributed by atoms with E-state index < -0.39 is 58.4 Å². The maximum Gasteiger partial charge on any atom is 0.343 e. The maximum atomic E-state index is 13.1. The number of nitrogens with zero attached hydrogens (tertiary/aromatic N) is 2. The van der Waals surface area contributed by atoms with E-state index in [0.29, 0.717) is 4.90 Å². The third-order valence-corrected chi connectivity index (χ3v) is 7.03. The van der Waals surface area contributed by atoms with Gasteiger partial charge in [-0.3, -0.25) is 29.4 Å². The van der Waals surface area contributed by atoms with E-state index in [2.05, 4.69) is 0 Å². The van der Waals surface area contributed by atoms with Gasteiger partial charge in [0.15, 0.2) is 12.4 Å². The van der Waals surface area contributed by atoms with Crippen molar-refractivity contribution in [2.24, 2.45) is 5.92 Å². The van der Waals surface area contributed by atoms with Gasteiger partial charge in [-0.1, -0.05) is 43.1 Å². The van der Waals surface area contributed by atoms with Crippen LogP contribution in [0.4, 0.5) is 5.69 Å². The van der Waals surface area contributed by atoms with Crippen LogP contribution in [0.3, 0.4) is 0 Å². The lowest BCUT2D eigenvalue weighted by molar-refractivity contribution is -0.385. The summed E-state index contributed by atoms with van der Waals surface area (Å²) in [6, 6.07) is 12.0. The fourth-order valence-corrected chi connectivity index (χ4v) is 4.59. The molecule has 0 radical (unpaired) electrons. The van der Waals surface area contributed by atoms with Crippen LogP contribution in [0.25, 0.3) is 0 Å². The third kappa shape index (κ3) is 6.32. The zero-order valence-corrected chi connectivity index (χ0v) is 23.7. The van der Waals surface area contributed by atoms with Crippen LogP contribution in [0, 0.1) is 16.0 Å². The Kier molecular flexibility index (Phi) is 9.03. The molecule has 1 heterocycles. The van der Waals surface area contributed by atoms with Gasteiger partial charge in [-0.05, 0) is 60.9 Å². The minimum atomic E-state index is -1.41. The van der Waals surface area contributed by atoms with E-state index in [9.17, 15) is 34.1 Å². The molecule has 2 amide bonds. The number of nitro benzene ring substituents is 1. The summed E-state index contributed by atoms with van der Waals surface area (Å²) < 4.78 is 10.5. The normalized spacial score (nSPS) is 13.1. The van der Waals surface area contributed by atoms with Gasteiger partial charge >= 0.3 is 11.9 Å². The molecule has 3 aromatic rings. The maximum absolute atomic E-state index is 13.1. The number of carbonyl (C=O) groups excluding carboxylic acids is 5. The van der Waals surface area contributed by atoms with Crippen LogP contribution in [0.15, 0.2) is 60.7 Å². The summed E-state index contributed by atoms with van der Waals surface area (Å²) in [5.74, 6) is -4.21. The summed E-state index contributed by atoms with van der Waals surface area (Å²) in [5.41, 5.74) is -0.836. The van der Waals surface area contributed by atoms with Crippen molar-refractivity contribution in [1.82, 2.24) is 4.90 Å². The number of halogens is 2. The number of carbonyl (C=O) groups is 5. The summed E-state index contributed by atoms with van der Waals surface area (Å²) in [7, 11) is 0. The lowest BCUT2D eigenvalue weighted by Gasteiger charge is -2.25. The number of fused-ring (bicyclic) bond motifs is 1. The van der Waals surface area contributed by atoms with Gasteiger partial charge < -0.3 is 9.47 Å². The second kappa shape index (κ2) is 12.5. The summed E-state index contributed by atoms with van der Waals surface area (Å²) in [6.07, 6.45) is 0.00514. The molecule has 1 atom stereocenters. The molecule has 0 bridgehead atoms. The van der Waals surface area contributed by atoms with E-state index >= 15 is 0 Å². The second-order valence-electron chi connectivity index (χ2n) is 9.66. The largest absolute Gasteiger partial charge is 0.456 e.